The van der Waals surface area contributed by atoms with Crippen molar-refractivity contribution in [3.63, 3.8) is 0 Å². The SMILES string of the molecule is [Ca+2].[H-].[H-].c1ccc(-c2cccnc2-c2ccccn2)nc1. The van der Waals surface area contributed by atoms with Gasteiger partial charge in [-0.15, -0.1) is 0 Å². The van der Waals surface area contributed by atoms with Crippen molar-refractivity contribution in [1.82, 2.24) is 15.0 Å². The molecule has 0 aliphatic rings. The largest absolute Gasteiger partial charge is 2.00 e. The van der Waals surface area contributed by atoms with E-state index in [-0.39, 0.29) is 40.6 Å². The maximum atomic E-state index is 4.42. The van der Waals surface area contributed by atoms with Crippen molar-refractivity contribution in [2.75, 3.05) is 0 Å². The van der Waals surface area contributed by atoms with Crippen LogP contribution in [-0.4, -0.2) is 52.7 Å². The maximum absolute atomic E-state index is 4.42. The fourth-order valence-corrected chi connectivity index (χ4v) is 1.84. The van der Waals surface area contributed by atoms with Crippen LogP contribution in [0.15, 0.2) is 67.1 Å². The number of hydrogen-bond donors (Lipinski definition) is 0. The minimum atomic E-state index is 0. The Balaban J connectivity index is 0.00000133. The van der Waals surface area contributed by atoms with Crippen molar-refractivity contribution >= 4 is 37.7 Å². The zero-order valence-corrected chi connectivity index (χ0v) is 12.6. The van der Waals surface area contributed by atoms with Gasteiger partial charge in [-0.1, -0.05) is 12.1 Å². The number of pyridine rings is 3. The summed E-state index contributed by atoms with van der Waals surface area (Å²) in [6, 6.07) is 15.6. The summed E-state index contributed by atoms with van der Waals surface area (Å²) in [5.74, 6) is 0. The Labute approximate surface area is 144 Å². The third kappa shape index (κ3) is 3.18. The molecule has 0 aromatic carbocycles. The van der Waals surface area contributed by atoms with Gasteiger partial charge in [0.25, 0.3) is 0 Å². The second-order valence-corrected chi connectivity index (χ2v) is 3.83. The van der Waals surface area contributed by atoms with E-state index in [1.807, 2.05) is 48.5 Å². The monoisotopic (exact) mass is 275 g/mol. The van der Waals surface area contributed by atoms with E-state index in [4.69, 9.17) is 0 Å². The van der Waals surface area contributed by atoms with Crippen LogP contribution in [-0.2, 0) is 0 Å². The molecule has 3 aromatic rings. The predicted molar refractivity (Wildman–Crippen MR) is 78.7 cm³/mol. The van der Waals surface area contributed by atoms with E-state index in [9.17, 15) is 0 Å². The summed E-state index contributed by atoms with van der Waals surface area (Å²) in [5.41, 5.74) is 3.62. The third-order valence-corrected chi connectivity index (χ3v) is 2.66. The molecule has 19 heavy (non-hydrogen) atoms. The van der Waals surface area contributed by atoms with Gasteiger partial charge in [-0.25, -0.2) is 0 Å². The molecule has 0 aliphatic carbocycles. The molecule has 3 nitrogen and oxygen atoms in total. The Hall–Kier alpha value is -1.29. The van der Waals surface area contributed by atoms with E-state index in [1.165, 1.54) is 0 Å². The minimum absolute atomic E-state index is 0. The second kappa shape index (κ2) is 6.75. The van der Waals surface area contributed by atoms with Gasteiger partial charge in [0.15, 0.2) is 0 Å². The molecule has 3 aromatic heterocycles. The minimum Gasteiger partial charge on any atom is -1.00 e. The van der Waals surface area contributed by atoms with E-state index in [1.54, 1.807) is 18.6 Å². The summed E-state index contributed by atoms with van der Waals surface area (Å²) in [7, 11) is 0. The fourth-order valence-electron chi connectivity index (χ4n) is 1.84. The van der Waals surface area contributed by atoms with Crippen LogP contribution in [0.2, 0.25) is 0 Å². The molecule has 3 rings (SSSR count). The Morgan fingerprint density at radius 2 is 1.26 bits per heavy atom. The Morgan fingerprint density at radius 3 is 1.89 bits per heavy atom. The molecule has 0 atom stereocenters. The first kappa shape index (κ1) is 14.1. The van der Waals surface area contributed by atoms with Crippen molar-refractivity contribution in [2.24, 2.45) is 0 Å². The van der Waals surface area contributed by atoms with Gasteiger partial charge in [-0.3, -0.25) is 15.0 Å². The molecule has 0 aliphatic heterocycles. The summed E-state index contributed by atoms with van der Waals surface area (Å²) in [6.45, 7) is 0. The summed E-state index contributed by atoms with van der Waals surface area (Å²) < 4.78 is 0. The van der Waals surface area contributed by atoms with Crippen molar-refractivity contribution in [2.45, 2.75) is 0 Å². The van der Waals surface area contributed by atoms with Gasteiger partial charge in [0.2, 0.25) is 0 Å². The van der Waals surface area contributed by atoms with E-state index >= 15 is 0 Å². The molecule has 0 unspecified atom stereocenters. The number of nitrogens with zero attached hydrogens (tertiary/aromatic N) is 3. The molecule has 0 N–H and O–H groups in total. The smallest absolute Gasteiger partial charge is 1.00 e. The molecular weight excluding hydrogens is 262 g/mol. The van der Waals surface area contributed by atoms with Gasteiger partial charge in [0.05, 0.1) is 17.1 Å². The third-order valence-electron chi connectivity index (χ3n) is 2.66. The first-order chi connectivity index (χ1) is 8.95. The average Bonchev–Trinajstić information content (AvgIpc) is 2.49. The summed E-state index contributed by atoms with van der Waals surface area (Å²) in [6.07, 6.45) is 5.33. The van der Waals surface area contributed by atoms with Crippen molar-refractivity contribution in [3.05, 3.63) is 67.1 Å². The van der Waals surface area contributed by atoms with Crippen LogP contribution >= 0.6 is 0 Å². The Bertz CT molecular complexity index is 593. The molecule has 0 saturated heterocycles. The van der Waals surface area contributed by atoms with E-state index in [2.05, 4.69) is 15.0 Å². The fraction of sp³-hybridized carbons (Fsp3) is 0. The zero-order chi connectivity index (χ0) is 12.2. The predicted octanol–water partition coefficient (Wildman–Crippen LogP) is 3.05. The number of aromatic nitrogens is 3. The topological polar surface area (TPSA) is 38.7 Å². The zero-order valence-electron chi connectivity index (χ0n) is 12.4. The molecule has 0 saturated carbocycles. The molecule has 0 fully saturated rings. The van der Waals surface area contributed by atoms with Gasteiger partial charge < -0.3 is 2.85 Å². The van der Waals surface area contributed by atoms with E-state index in [0.29, 0.717) is 0 Å². The van der Waals surface area contributed by atoms with Crippen LogP contribution in [0, 0.1) is 0 Å². The summed E-state index contributed by atoms with van der Waals surface area (Å²) >= 11 is 0. The van der Waals surface area contributed by atoms with Crippen molar-refractivity contribution < 1.29 is 2.85 Å². The number of hydrogen-bond acceptors (Lipinski definition) is 3. The second-order valence-electron chi connectivity index (χ2n) is 3.83. The molecule has 0 amide bonds. The van der Waals surface area contributed by atoms with E-state index in [0.717, 1.165) is 22.6 Å². The molecular formula is C15H13CaN3. The molecule has 90 valence electrons. The molecule has 0 bridgehead atoms. The quantitative estimate of drug-likeness (QED) is 0.675. The number of rotatable bonds is 2. The first-order valence-electron chi connectivity index (χ1n) is 5.73. The van der Waals surface area contributed by atoms with Crippen molar-refractivity contribution in [3.8, 4) is 22.6 Å². The van der Waals surface area contributed by atoms with Gasteiger partial charge in [-0.05, 0) is 36.4 Å². The molecule has 3 heterocycles. The Kier molecular flexibility index (Phi) is 5.02. The standard InChI is InChI=1S/C15H11N3.Ca.2H/c1-3-9-16-13(7-1)12-6-5-11-18-15(12)14-8-2-4-10-17-14;;;/h1-11H;;;/q;+2;2*-1. The molecule has 0 spiro atoms. The van der Waals surface area contributed by atoms with Crippen LogP contribution < -0.4 is 0 Å². The summed E-state index contributed by atoms with van der Waals surface area (Å²) in [5, 5.41) is 0. The van der Waals surface area contributed by atoms with Crippen LogP contribution in [0.4, 0.5) is 0 Å². The van der Waals surface area contributed by atoms with E-state index < -0.39 is 0 Å². The van der Waals surface area contributed by atoms with Gasteiger partial charge in [0, 0.05) is 24.2 Å². The van der Waals surface area contributed by atoms with Gasteiger partial charge in [-0.2, -0.15) is 0 Å². The van der Waals surface area contributed by atoms with Gasteiger partial charge in [0.1, 0.15) is 0 Å². The van der Waals surface area contributed by atoms with Crippen LogP contribution in [0.25, 0.3) is 22.6 Å². The Morgan fingerprint density at radius 1 is 0.632 bits per heavy atom. The first-order valence-corrected chi connectivity index (χ1v) is 5.73. The van der Waals surface area contributed by atoms with Crippen molar-refractivity contribution in [1.29, 1.82) is 0 Å². The summed E-state index contributed by atoms with van der Waals surface area (Å²) in [4.78, 5) is 13.1. The van der Waals surface area contributed by atoms with Crippen LogP contribution in [0.5, 0.6) is 0 Å². The maximum Gasteiger partial charge on any atom is 2.00 e. The molecule has 0 radical (unpaired) electrons. The molecule has 4 heteroatoms. The van der Waals surface area contributed by atoms with Crippen LogP contribution in [0.1, 0.15) is 2.85 Å². The normalized spacial score (nSPS) is 9.68. The van der Waals surface area contributed by atoms with Gasteiger partial charge >= 0.3 is 37.7 Å². The van der Waals surface area contributed by atoms with Crippen LogP contribution in [0.3, 0.4) is 0 Å². The average molecular weight is 275 g/mol.